The highest BCUT2D eigenvalue weighted by molar-refractivity contribution is 6.05. The van der Waals surface area contributed by atoms with Crippen LogP contribution in [0.5, 0.6) is 17.4 Å². The molecule has 0 spiro atoms. The molecule has 0 saturated carbocycles. The second-order valence-corrected chi connectivity index (χ2v) is 6.64. The van der Waals surface area contributed by atoms with Crippen molar-refractivity contribution in [3.8, 4) is 28.5 Å². The van der Waals surface area contributed by atoms with Crippen molar-refractivity contribution in [1.82, 2.24) is 4.57 Å². The minimum Gasteiger partial charge on any atom is -0.497 e. The molecule has 6 nitrogen and oxygen atoms in total. The van der Waals surface area contributed by atoms with Crippen LogP contribution in [0.2, 0.25) is 0 Å². The van der Waals surface area contributed by atoms with E-state index in [1.807, 2.05) is 60.7 Å². The van der Waals surface area contributed by atoms with Crippen molar-refractivity contribution >= 4 is 16.6 Å². The van der Waals surface area contributed by atoms with Crippen molar-refractivity contribution in [3.05, 3.63) is 77.2 Å². The monoisotopic (exact) mass is 388 g/mol. The lowest BCUT2D eigenvalue weighted by atomic mass is 10.0. The number of nitroso groups, excluding NO2 is 1. The van der Waals surface area contributed by atoms with Crippen molar-refractivity contribution in [2.24, 2.45) is 5.18 Å². The van der Waals surface area contributed by atoms with Crippen LogP contribution in [0.4, 0.5) is 5.69 Å². The fourth-order valence-corrected chi connectivity index (χ4v) is 3.61. The number of benzene rings is 3. The van der Waals surface area contributed by atoms with Crippen LogP contribution in [-0.4, -0.2) is 23.9 Å². The molecule has 0 radical (unpaired) electrons. The fourth-order valence-electron chi connectivity index (χ4n) is 3.61. The molecule has 4 aromatic rings. The Morgan fingerprint density at radius 1 is 0.931 bits per heavy atom. The molecule has 0 aliphatic carbocycles. The van der Waals surface area contributed by atoms with E-state index in [0.29, 0.717) is 23.4 Å². The Bertz CT molecular complexity index is 1160. The van der Waals surface area contributed by atoms with Gasteiger partial charge in [-0.05, 0) is 40.1 Å². The third-order valence-corrected chi connectivity index (χ3v) is 4.97. The molecular formula is C23H20N2O4. The maximum absolute atomic E-state index is 11.6. The van der Waals surface area contributed by atoms with E-state index < -0.39 is 0 Å². The lowest BCUT2D eigenvalue weighted by Gasteiger charge is -2.11. The predicted molar refractivity (Wildman–Crippen MR) is 113 cm³/mol. The zero-order valence-corrected chi connectivity index (χ0v) is 16.1. The van der Waals surface area contributed by atoms with Gasteiger partial charge in [0.25, 0.3) is 0 Å². The van der Waals surface area contributed by atoms with Gasteiger partial charge in [0.2, 0.25) is 5.88 Å². The fraction of sp³-hybridized carbons (Fsp3) is 0.130. The molecule has 1 heterocycles. The molecule has 29 heavy (non-hydrogen) atoms. The summed E-state index contributed by atoms with van der Waals surface area (Å²) >= 11 is 0. The quantitative estimate of drug-likeness (QED) is 0.444. The van der Waals surface area contributed by atoms with E-state index in [1.165, 1.54) is 0 Å². The van der Waals surface area contributed by atoms with E-state index in [2.05, 4.69) is 5.18 Å². The molecule has 0 amide bonds. The van der Waals surface area contributed by atoms with Crippen LogP contribution in [0.3, 0.4) is 0 Å². The number of rotatable bonds is 6. The van der Waals surface area contributed by atoms with Crippen LogP contribution in [0.25, 0.3) is 22.0 Å². The zero-order chi connectivity index (χ0) is 20.4. The molecule has 3 aromatic carbocycles. The first-order chi connectivity index (χ1) is 14.2. The highest BCUT2D eigenvalue weighted by atomic mass is 16.5. The lowest BCUT2D eigenvalue weighted by molar-refractivity contribution is 0.392. The van der Waals surface area contributed by atoms with E-state index in [0.717, 1.165) is 22.2 Å². The first-order valence-electron chi connectivity index (χ1n) is 9.11. The normalized spacial score (nSPS) is 10.8. The number of ether oxygens (including phenoxy) is 2. The van der Waals surface area contributed by atoms with Crippen molar-refractivity contribution in [2.45, 2.75) is 6.54 Å². The largest absolute Gasteiger partial charge is 0.497 e. The van der Waals surface area contributed by atoms with Gasteiger partial charge < -0.3 is 19.1 Å². The van der Waals surface area contributed by atoms with Crippen LogP contribution in [0, 0.1) is 4.91 Å². The Morgan fingerprint density at radius 3 is 2.24 bits per heavy atom. The Hall–Kier alpha value is -3.80. The minimum absolute atomic E-state index is 0.0364. The van der Waals surface area contributed by atoms with Gasteiger partial charge >= 0.3 is 0 Å². The van der Waals surface area contributed by atoms with Gasteiger partial charge in [0, 0.05) is 11.5 Å². The summed E-state index contributed by atoms with van der Waals surface area (Å²) in [5.74, 6) is 1.13. The average molecular weight is 388 g/mol. The van der Waals surface area contributed by atoms with Crippen LogP contribution >= 0.6 is 0 Å². The Labute approximate surface area is 167 Å². The van der Waals surface area contributed by atoms with E-state index in [9.17, 15) is 10.0 Å². The van der Waals surface area contributed by atoms with E-state index in [1.54, 1.807) is 24.9 Å². The average Bonchev–Trinajstić information content (AvgIpc) is 3.04. The molecule has 6 heteroatoms. The molecule has 0 fully saturated rings. The first-order valence-corrected chi connectivity index (χ1v) is 9.11. The third-order valence-electron chi connectivity index (χ3n) is 4.97. The van der Waals surface area contributed by atoms with Crippen molar-refractivity contribution in [2.75, 3.05) is 14.2 Å². The number of methoxy groups -OCH3 is 2. The highest BCUT2D eigenvalue weighted by Crippen LogP contribution is 2.44. The first kappa shape index (κ1) is 18.6. The molecule has 0 aliphatic rings. The second kappa shape index (κ2) is 7.67. The lowest BCUT2D eigenvalue weighted by Crippen LogP contribution is -2.00. The summed E-state index contributed by atoms with van der Waals surface area (Å²) in [6, 6.07) is 20.9. The van der Waals surface area contributed by atoms with Gasteiger partial charge in [-0.15, -0.1) is 4.91 Å². The molecule has 1 N–H and O–H groups in total. The maximum atomic E-state index is 11.6. The number of aromatic nitrogens is 1. The number of nitrogens with zero attached hydrogens (tertiary/aromatic N) is 2. The molecule has 4 rings (SSSR count). The zero-order valence-electron chi connectivity index (χ0n) is 16.1. The van der Waals surface area contributed by atoms with Gasteiger partial charge in [0.1, 0.15) is 11.5 Å². The summed E-state index contributed by atoms with van der Waals surface area (Å²) in [4.78, 5) is 11.6. The van der Waals surface area contributed by atoms with Crippen LogP contribution < -0.4 is 9.47 Å². The van der Waals surface area contributed by atoms with Gasteiger partial charge in [-0.3, -0.25) is 0 Å². The Morgan fingerprint density at radius 2 is 1.62 bits per heavy atom. The molecule has 0 bridgehead atoms. The molecule has 0 saturated heterocycles. The number of hydrogen-bond donors (Lipinski definition) is 1. The van der Waals surface area contributed by atoms with Gasteiger partial charge in [-0.25, -0.2) is 0 Å². The summed E-state index contributed by atoms with van der Waals surface area (Å²) in [6.45, 7) is 0.323. The number of hydrogen-bond acceptors (Lipinski definition) is 5. The smallest absolute Gasteiger partial charge is 0.222 e. The summed E-state index contributed by atoms with van der Waals surface area (Å²) in [5, 5.41) is 14.6. The molecule has 146 valence electrons. The summed E-state index contributed by atoms with van der Waals surface area (Å²) in [6.07, 6.45) is 0. The van der Waals surface area contributed by atoms with E-state index in [4.69, 9.17) is 9.47 Å². The maximum Gasteiger partial charge on any atom is 0.222 e. The summed E-state index contributed by atoms with van der Waals surface area (Å²) in [5.41, 5.74) is 3.41. The Balaban J connectivity index is 1.91. The van der Waals surface area contributed by atoms with Crippen molar-refractivity contribution < 1.29 is 14.6 Å². The summed E-state index contributed by atoms with van der Waals surface area (Å²) < 4.78 is 12.3. The van der Waals surface area contributed by atoms with Crippen LogP contribution in [0.1, 0.15) is 5.56 Å². The van der Waals surface area contributed by atoms with Gasteiger partial charge in [-0.1, -0.05) is 42.5 Å². The second-order valence-electron chi connectivity index (χ2n) is 6.64. The Kier molecular flexibility index (Phi) is 4.91. The summed E-state index contributed by atoms with van der Waals surface area (Å²) in [7, 11) is 3.17. The topological polar surface area (TPSA) is 73.0 Å². The standard InChI is InChI=1S/C23H20N2O4/c1-28-17-11-15(12-18(13-17)29-2)14-25-20-10-6-9-19(16-7-4-3-5-8-16)21(20)22(24-27)23(25)26/h3-13,26H,14H2,1-2H3. The van der Waals surface area contributed by atoms with Crippen molar-refractivity contribution in [3.63, 3.8) is 0 Å². The number of aromatic hydroxyl groups is 1. The minimum atomic E-state index is -0.167. The van der Waals surface area contributed by atoms with Gasteiger partial charge in [0.05, 0.1) is 26.3 Å². The van der Waals surface area contributed by atoms with Crippen LogP contribution in [-0.2, 0) is 6.54 Å². The SMILES string of the molecule is COc1cc(Cn2c(O)c(N=O)c3c(-c4ccccc4)cccc32)cc(OC)c1. The van der Waals surface area contributed by atoms with Crippen LogP contribution in [0.15, 0.2) is 71.9 Å². The molecule has 0 atom stereocenters. The third kappa shape index (κ3) is 3.29. The molecule has 0 unspecified atom stereocenters. The predicted octanol–water partition coefficient (Wildman–Crippen LogP) is 5.48. The van der Waals surface area contributed by atoms with Gasteiger partial charge in [0.15, 0.2) is 5.69 Å². The highest BCUT2D eigenvalue weighted by Gasteiger charge is 2.21. The number of fused-ring (bicyclic) bond motifs is 1. The van der Waals surface area contributed by atoms with E-state index >= 15 is 0 Å². The van der Waals surface area contributed by atoms with E-state index in [-0.39, 0.29) is 11.6 Å². The molecule has 1 aromatic heterocycles. The molecule has 0 aliphatic heterocycles. The van der Waals surface area contributed by atoms with Crippen molar-refractivity contribution in [1.29, 1.82) is 0 Å². The molecular weight excluding hydrogens is 368 g/mol. The van der Waals surface area contributed by atoms with Gasteiger partial charge in [-0.2, -0.15) is 0 Å².